The topological polar surface area (TPSA) is 17.8 Å². The first-order valence-electron chi connectivity index (χ1n) is 5.01. The van der Waals surface area contributed by atoms with E-state index in [1.165, 1.54) is 5.56 Å². The largest absolute Gasteiger partial charge is 0.267 e. The first kappa shape index (κ1) is 9.33. The van der Waals surface area contributed by atoms with Crippen LogP contribution in [-0.4, -0.2) is 9.78 Å². The van der Waals surface area contributed by atoms with E-state index in [2.05, 4.69) is 38.0 Å². The van der Waals surface area contributed by atoms with Crippen LogP contribution in [0.25, 0.3) is 0 Å². The highest BCUT2D eigenvalue weighted by Crippen LogP contribution is 2.47. The highest BCUT2D eigenvalue weighted by molar-refractivity contribution is 5.38. The molecule has 0 N–H and O–H groups in total. The minimum atomic E-state index is 0.0174. The Labute approximate surface area is 85.3 Å². The highest BCUT2D eigenvalue weighted by atomic mass is 15.3. The monoisotopic (exact) mass is 188 g/mol. The van der Waals surface area contributed by atoms with Gasteiger partial charge in [-0.05, 0) is 33.6 Å². The molecule has 1 aliphatic rings. The van der Waals surface area contributed by atoms with Gasteiger partial charge < -0.3 is 0 Å². The van der Waals surface area contributed by atoms with Gasteiger partial charge in [0, 0.05) is 11.8 Å². The van der Waals surface area contributed by atoms with E-state index in [1.54, 1.807) is 0 Å². The average molecular weight is 188 g/mol. The minimum absolute atomic E-state index is 0.0174. The zero-order valence-corrected chi connectivity index (χ0v) is 9.04. The molecule has 1 saturated carbocycles. The SMILES string of the molecule is C#CC1(c2cnn(C(C)(C)C)c2)CC1. The maximum Gasteiger partial charge on any atom is 0.0592 e. The number of nitrogens with zero attached hydrogens (tertiary/aromatic N) is 2. The van der Waals surface area contributed by atoms with Crippen LogP contribution in [-0.2, 0) is 11.0 Å². The first-order chi connectivity index (χ1) is 6.48. The van der Waals surface area contributed by atoms with Gasteiger partial charge in [-0.2, -0.15) is 5.10 Å². The van der Waals surface area contributed by atoms with Gasteiger partial charge in [0.15, 0.2) is 0 Å². The molecule has 2 nitrogen and oxygen atoms in total. The summed E-state index contributed by atoms with van der Waals surface area (Å²) in [5.41, 5.74) is 1.27. The third-order valence-corrected chi connectivity index (χ3v) is 2.85. The van der Waals surface area contributed by atoms with Gasteiger partial charge in [-0.15, -0.1) is 6.42 Å². The summed E-state index contributed by atoms with van der Waals surface area (Å²) < 4.78 is 1.99. The van der Waals surface area contributed by atoms with Gasteiger partial charge >= 0.3 is 0 Å². The summed E-state index contributed by atoms with van der Waals surface area (Å²) in [4.78, 5) is 0. The van der Waals surface area contributed by atoms with Crippen LogP contribution in [0.3, 0.4) is 0 Å². The molecule has 1 heterocycles. The fourth-order valence-electron chi connectivity index (χ4n) is 1.58. The van der Waals surface area contributed by atoms with Gasteiger partial charge in [-0.1, -0.05) is 5.92 Å². The Morgan fingerprint density at radius 2 is 2.14 bits per heavy atom. The summed E-state index contributed by atoms with van der Waals surface area (Å²) in [6.45, 7) is 6.41. The standard InChI is InChI=1S/C12H16N2/c1-5-12(6-7-12)10-8-13-14(9-10)11(2,3)4/h1,8-9H,6-7H2,2-4H3. The van der Waals surface area contributed by atoms with E-state index >= 15 is 0 Å². The van der Waals surface area contributed by atoms with Gasteiger partial charge in [-0.25, -0.2) is 0 Å². The van der Waals surface area contributed by atoms with Crippen LogP contribution < -0.4 is 0 Å². The molecule has 0 amide bonds. The van der Waals surface area contributed by atoms with Crippen molar-refractivity contribution in [2.24, 2.45) is 0 Å². The second-order valence-corrected chi connectivity index (χ2v) is 5.07. The second kappa shape index (κ2) is 2.63. The van der Waals surface area contributed by atoms with Gasteiger partial charge in [0.1, 0.15) is 0 Å². The van der Waals surface area contributed by atoms with Crippen molar-refractivity contribution in [2.75, 3.05) is 0 Å². The van der Waals surface area contributed by atoms with Crippen molar-refractivity contribution in [3.63, 3.8) is 0 Å². The molecular formula is C12H16N2. The smallest absolute Gasteiger partial charge is 0.0592 e. The molecule has 0 saturated heterocycles. The minimum Gasteiger partial charge on any atom is -0.267 e. The van der Waals surface area contributed by atoms with Crippen LogP contribution in [0.15, 0.2) is 12.4 Å². The highest BCUT2D eigenvalue weighted by Gasteiger charge is 2.43. The molecule has 0 aliphatic heterocycles. The Morgan fingerprint density at radius 1 is 1.50 bits per heavy atom. The summed E-state index contributed by atoms with van der Waals surface area (Å²) in [5.74, 6) is 2.88. The Kier molecular flexibility index (Phi) is 1.75. The molecule has 0 bridgehead atoms. The van der Waals surface area contributed by atoms with Gasteiger partial charge in [-0.3, -0.25) is 4.68 Å². The maximum atomic E-state index is 5.53. The molecule has 74 valence electrons. The van der Waals surface area contributed by atoms with Crippen LogP contribution in [0.5, 0.6) is 0 Å². The maximum absolute atomic E-state index is 5.53. The van der Waals surface area contributed by atoms with Crippen molar-refractivity contribution in [1.82, 2.24) is 9.78 Å². The third-order valence-electron chi connectivity index (χ3n) is 2.85. The molecule has 1 aromatic heterocycles. The predicted octanol–water partition coefficient (Wildman–Crippen LogP) is 2.30. The molecular weight excluding hydrogens is 172 g/mol. The average Bonchev–Trinajstić information content (AvgIpc) is 2.73. The van der Waals surface area contributed by atoms with Crippen LogP contribution in [0.1, 0.15) is 39.2 Å². The zero-order valence-electron chi connectivity index (χ0n) is 9.04. The molecule has 0 radical (unpaired) electrons. The van der Waals surface area contributed by atoms with E-state index in [1.807, 2.05) is 10.9 Å². The predicted molar refractivity (Wildman–Crippen MR) is 57.0 cm³/mol. The van der Waals surface area contributed by atoms with Gasteiger partial charge in [0.25, 0.3) is 0 Å². The Hall–Kier alpha value is -1.23. The summed E-state index contributed by atoms with van der Waals surface area (Å²) in [7, 11) is 0. The van der Waals surface area contributed by atoms with Crippen molar-refractivity contribution in [3.05, 3.63) is 18.0 Å². The molecule has 1 fully saturated rings. The molecule has 2 heteroatoms. The molecule has 2 rings (SSSR count). The summed E-state index contributed by atoms with van der Waals surface area (Å²) >= 11 is 0. The van der Waals surface area contributed by atoms with Crippen molar-refractivity contribution in [1.29, 1.82) is 0 Å². The van der Waals surface area contributed by atoms with Gasteiger partial charge in [0.2, 0.25) is 0 Å². The molecule has 0 atom stereocenters. The molecule has 14 heavy (non-hydrogen) atoms. The number of terminal acetylenes is 1. The van der Waals surface area contributed by atoms with Crippen LogP contribution >= 0.6 is 0 Å². The van der Waals surface area contributed by atoms with E-state index in [9.17, 15) is 0 Å². The summed E-state index contributed by atoms with van der Waals surface area (Å²) in [6.07, 6.45) is 11.8. The molecule has 1 aromatic rings. The summed E-state index contributed by atoms with van der Waals surface area (Å²) in [6, 6.07) is 0. The van der Waals surface area contributed by atoms with Gasteiger partial charge in [0.05, 0.1) is 17.2 Å². The van der Waals surface area contributed by atoms with E-state index in [0.29, 0.717) is 0 Å². The lowest BCUT2D eigenvalue weighted by Gasteiger charge is -2.18. The fraction of sp³-hybridized carbons (Fsp3) is 0.583. The molecule has 0 aromatic carbocycles. The van der Waals surface area contributed by atoms with Crippen molar-refractivity contribution in [2.45, 2.75) is 44.6 Å². The lowest BCUT2D eigenvalue weighted by atomic mass is 10.0. The second-order valence-electron chi connectivity index (χ2n) is 5.07. The number of hydrogen-bond donors (Lipinski definition) is 0. The number of hydrogen-bond acceptors (Lipinski definition) is 1. The number of rotatable bonds is 1. The first-order valence-corrected chi connectivity index (χ1v) is 5.01. The Morgan fingerprint density at radius 3 is 2.50 bits per heavy atom. The van der Waals surface area contributed by atoms with Crippen LogP contribution in [0, 0.1) is 12.3 Å². The van der Waals surface area contributed by atoms with E-state index in [0.717, 1.165) is 12.8 Å². The van der Waals surface area contributed by atoms with Crippen LogP contribution in [0.2, 0.25) is 0 Å². The van der Waals surface area contributed by atoms with E-state index in [4.69, 9.17) is 6.42 Å². The fourth-order valence-corrected chi connectivity index (χ4v) is 1.58. The molecule has 0 unspecified atom stereocenters. The molecule has 0 spiro atoms. The normalized spacial score (nSPS) is 19.0. The van der Waals surface area contributed by atoms with Crippen molar-refractivity contribution < 1.29 is 0 Å². The van der Waals surface area contributed by atoms with Crippen molar-refractivity contribution in [3.8, 4) is 12.3 Å². The van der Waals surface area contributed by atoms with E-state index in [-0.39, 0.29) is 11.0 Å². The van der Waals surface area contributed by atoms with E-state index < -0.39 is 0 Å². The molecule has 1 aliphatic carbocycles. The Balaban J connectivity index is 2.32. The lowest BCUT2D eigenvalue weighted by molar-refractivity contribution is 0.355. The summed E-state index contributed by atoms with van der Waals surface area (Å²) in [5, 5.41) is 4.36. The van der Waals surface area contributed by atoms with Crippen molar-refractivity contribution >= 4 is 0 Å². The number of aromatic nitrogens is 2. The van der Waals surface area contributed by atoms with Crippen LogP contribution in [0.4, 0.5) is 0 Å². The zero-order chi connectivity index (χ0) is 10.4. The quantitative estimate of drug-likeness (QED) is 0.618. The Bertz CT molecular complexity index is 383. The lowest BCUT2D eigenvalue weighted by Crippen LogP contribution is -2.22. The third kappa shape index (κ3) is 1.33.